The Morgan fingerprint density at radius 2 is 2.19 bits per heavy atom. The smallest absolute Gasteiger partial charge is 0.292 e. The zero-order chi connectivity index (χ0) is 15.6. The first-order valence-electron chi connectivity index (χ1n) is 6.90. The first kappa shape index (κ1) is 15.7. The van der Waals surface area contributed by atoms with Crippen LogP contribution in [-0.4, -0.2) is 30.7 Å². The molecule has 1 unspecified atom stereocenters. The number of hydrogen-bond donors (Lipinski definition) is 1. The molecule has 0 saturated carbocycles. The van der Waals surface area contributed by atoms with Crippen LogP contribution in [-0.2, 0) is 10.0 Å². The third-order valence-electron chi connectivity index (χ3n) is 3.89. The SMILES string of the molecule is CCC1CCCN(S(=O)(=O)c2ccc([N+](=O)[O-])c(N)c2)C1. The van der Waals surface area contributed by atoms with Gasteiger partial charge in [-0.15, -0.1) is 0 Å². The minimum absolute atomic E-state index is 0.0161. The second kappa shape index (κ2) is 5.98. The summed E-state index contributed by atoms with van der Waals surface area (Å²) in [4.78, 5) is 10.1. The monoisotopic (exact) mass is 313 g/mol. The van der Waals surface area contributed by atoms with Crippen LogP contribution in [0.2, 0.25) is 0 Å². The van der Waals surface area contributed by atoms with E-state index in [1.165, 1.54) is 16.4 Å². The molecule has 21 heavy (non-hydrogen) atoms. The van der Waals surface area contributed by atoms with Crippen LogP contribution in [0.3, 0.4) is 0 Å². The molecule has 0 spiro atoms. The highest BCUT2D eigenvalue weighted by Gasteiger charge is 2.30. The second-order valence-electron chi connectivity index (χ2n) is 5.26. The van der Waals surface area contributed by atoms with E-state index in [0.717, 1.165) is 25.3 Å². The number of anilines is 1. The number of piperidine rings is 1. The molecular weight excluding hydrogens is 294 g/mol. The zero-order valence-electron chi connectivity index (χ0n) is 11.9. The maximum atomic E-state index is 12.6. The van der Waals surface area contributed by atoms with E-state index in [2.05, 4.69) is 0 Å². The number of nitrogens with two attached hydrogens (primary N) is 1. The van der Waals surface area contributed by atoms with Gasteiger partial charge in [-0.25, -0.2) is 8.42 Å². The van der Waals surface area contributed by atoms with Crippen molar-refractivity contribution < 1.29 is 13.3 Å². The highest BCUT2D eigenvalue weighted by atomic mass is 32.2. The van der Waals surface area contributed by atoms with Crippen molar-refractivity contribution in [3.05, 3.63) is 28.3 Å². The lowest BCUT2D eigenvalue weighted by molar-refractivity contribution is -0.383. The van der Waals surface area contributed by atoms with Crippen LogP contribution in [0, 0.1) is 16.0 Å². The Morgan fingerprint density at radius 3 is 2.76 bits per heavy atom. The predicted octanol–water partition coefficient (Wildman–Crippen LogP) is 1.99. The van der Waals surface area contributed by atoms with E-state index >= 15 is 0 Å². The molecule has 1 aliphatic heterocycles. The standard InChI is InChI=1S/C13H19N3O4S/c1-2-10-4-3-7-15(9-10)21(19,20)11-5-6-13(16(17)18)12(14)8-11/h5-6,8,10H,2-4,7,9,14H2,1H3. The summed E-state index contributed by atoms with van der Waals surface area (Å²) >= 11 is 0. The fourth-order valence-corrected chi connectivity index (χ4v) is 4.18. The number of nitro benzene ring substituents is 1. The number of hydrogen-bond acceptors (Lipinski definition) is 5. The summed E-state index contributed by atoms with van der Waals surface area (Å²) in [5, 5.41) is 10.7. The Hall–Kier alpha value is -1.67. The molecule has 1 fully saturated rings. The zero-order valence-corrected chi connectivity index (χ0v) is 12.7. The van der Waals surface area contributed by atoms with E-state index in [0.29, 0.717) is 19.0 Å². The van der Waals surface area contributed by atoms with Crippen LogP contribution in [0.1, 0.15) is 26.2 Å². The van der Waals surface area contributed by atoms with Crippen LogP contribution >= 0.6 is 0 Å². The molecular formula is C13H19N3O4S. The summed E-state index contributed by atoms with van der Waals surface area (Å²) in [5.74, 6) is 0.365. The number of rotatable bonds is 4. The normalized spacial score (nSPS) is 20.3. The second-order valence-corrected chi connectivity index (χ2v) is 7.20. The summed E-state index contributed by atoms with van der Waals surface area (Å²) in [6.07, 6.45) is 2.81. The summed E-state index contributed by atoms with van der Waals surface area (Å²) in [6, 6.07) is 3.56. The van der Waals surface area contributed by atoms with Crippen molar-refractivity contribution in [1.82, 2.24) is 4.31 Å². The fourth-order valence-electron chi connectivity index (χ4n) is 2.59. The molecule has 2 rings (SSSR count). The Labute approximate surface area is 123 Å². The summed E-state index contributed by atoms with van der Waals surface area (Å²) < 4.78 is 26.6. The minimum Gasteiger partial charge on any atom is -0.393 e. The van der Waals surface area contributed by atoms with Crippen LogP contribution in [0.4, 0.5) is 11.4 Å². The minimum atomic E-state index is -3.64. The van der Waals surface area contributed by atoms with Gasteiger partial charge in [0, 0.05) is 19.2 Å². The first-order chi connectivity index (χ1) is 9.86. The van der Waals surface area contributed by atoms with E-state index in [-0.39, 0.29) is 16.3 Å². The maximum Gasteiger partial charge on any atom is 0.292 e. The van der Waals surface area contributed by atoms with Crippen molar-refractivity contribution in [2.45, 2.75) is 31.1 Å². The number of sulfonamides is 1. The van der Waals surface area contributed by atoms with Crippen LogP contribution in [0.15, 0.2) is 23.1 Å². The van der Waals surface area contributed by atoms with Gasteiger partial charge in [-0.3, -0.25) is 10.1 Å². The molecule has 1 aromatic carbocycles. The third kappa shape index (κ3) is 3.16. The summed E-state index contributed by atoms with van der Waals surface area (Å²) in [5.41, 5.74) is 5.16. The van der Waals surface area contributed by atoms with Crippen molar-refractivity contribution >= 4 is 21.4 Å². The molecule has 0 amide bonds. The summed E-state index contributed by atoms with van der Waals surface area (Å²) in [7, 11) is -3.64. The number of benzene rings is 1. The van der Waals surface area contributed by atoms with Crippen molar-refractivity contribution in [3.63, 3.8) is 0 Å². The molecule has 1 saturated heterocycles. The largest absolute Gasteiger partial charge is 0.393 e. The van der Waals surface area contributed by atoms with E-state index in [1.54, 1.807) is 0 Å². The molecule has 116 valence electrons. The van der Waals surface area contributed by atoms with Gasteiger partial charge in [0.05, 0.1) is 9.82 Å². The number of nitro groups is 1. The molecule has 1 heterocycles. The quantitative estimate of drug-likeness (QED) is 0.519. The highest BCUT2D eigenvalue weighted by Crippen LogP contribution is 2.29. The molecule has 1 atom stereocenters. The Balaban J connectivity index is 2.31. The van der Waals surface area contributed by atoms with E-state index in [9.17, 15) is 18.5 Å². The number of nitrogen functional groups attached to an aromatic ring is 1. The number of nitrogens with zero attached hydrogens (tertiary/aromatic N) is 2. The average Bonchev–Trinajstić information content (AvgIpc) is 2.46. The lowest BCUT2D eigenvalue weighted by Crippen LogP contribution is -2.39. The van der Waals surface area contributed by atoms with E-state index < -0.39 is 14.9 Å². The molecule has 7 nitrogen and oxygen atoms in total. The van der Waals surface area contributed by atoms with Gasteiger partial charge in [0.1, 0.15) is 5.69 Å². The molecule has 0 aromatic heterocycles. The molecule has 0 radical (unpaired) electrons. The van der Waals surface area contributed by atoms with Gasteiger partial charge in [-0.05, 0) is 30.9 Å². The van der Waals surface area contributed by atoms with E-state index in [4.69, 9.17) is 5.73 Å². The lowest BCUT2D eigenvalue weighted by Gasteiger charge is -2.31. The van der Waals surface area contributed by atoms with Gasteiger partial charge in [-0.2, -0.15) is 4.31 Å². The summed E-state index contributed by atoms with van der Waals surface area (Å²) in [6.45, 7) is 3.02. The van der Waals surface area contributed by atoms with Gasteiger partial charge in [0.25, 0.3) is 5.69 Å². The van der Waals surface area contributed by atoms with Gasteiger partial charge in [0.2, 0.25) is 10.0 Å². The Kier molecular flexibility index (Phi) is 4.48. The van der Waals surface area contributed by atoms with Gasteiger partial charge in [0.15, 0.2) is 0 Å². The Morgan fingerprint density at radius 1 is 1.48 bits per heavy atom. The van der Waals surface area contributed by atoms with Gasteiger partial charge >= 0.3 is 0 Å². The molecule has 1 aromatic rings. The molecule has 8 heteroatoms. The maximum absolute atomic E-state index is 12.6. The first-order valence-corrected chi connectivity index (χ1v) is 8.34. The predicted molar refractivity (Wildman–Crippen MR) is 79.3 cm³/mol. The average molecular weight is 313 g/mol. The van der Waals surface area contributed by atoms with Crippen LogP contribution < -0.4 is 5.73 Å². The lowest BCUT2D eigenvalue weighted by atomic mass is 9.97. The van der Waals surface area contributed by atoms with Crippen molar-refractivity contribution in [3.8, 4) is 0 Å². The van der Waals surface area contributed by atoms with Crippen molar-refractivity contribution in [1.29, 1.82) is 0 Å². The molecule has 0 bridgehead atoms. The van der Waals surface area contributed by atoms with Crippen LogP contribution in [0.25, 0.3) is 0 Å². The van der Waals surface area contributed by atoms with Crippen molar-refractivity contribution in [2.24, 2.45) is 5.92 Å². The fraction of sp³-hybridized carbons (Fsp3) is 0.538. The van der Waals surface area contributed by atoms with E-state index in [1.807, 2.05) is 6.92 Å². The van der Waals surface area contributed by atoms with Crippen molar-refractivity contribution in [2.75, 3.05) is 18.8 Å². The Bertz CT molecular complexity index is 645. The third-order valence-corrected chi connectivity index (χ3v) is 5.75. The molecule has 2 N–H and O–H groups in total. The highest BCUT2D eigenvalue weighted by molar-refractivity contribution is 7.89. The topological polar surface area (TPSA) is 107 Å². The van der Waals surface area contributed by atoms with Gasteiger partial charge in [-0.1, -0.05) is 13.3 Å². The van der Waals surface area contributed by atoms with Crippen LogP contribution in [0.5, 0.6) is 0 Å². The molecule has 1 aliphatic rings. The van der Waals surface area contributed by atoms with Gasteiger partial charge < -0.3 is 5.73 Å². The molecule has 0 aliphatic carbocycles.